The maximum Gasteiger partial charge on any atom is 0.198 e. The van der Waals surface area contributed by atoms with E-state index in [4.69, 9.17) is 16.9 Å². The van der Waals surface area contributed by atoms with E-state index in [0.29, 0.717) is 10.8 Å². The van der Waals surface area contributed by atoms with Crippen molar-refractivity contribution in [2.24, 2.45) is 0 Å². The third-order valence-electron chi connectivity index (χ3n) is 2.01. The topological polar surface area (TPSA) is 67.4 Å². The average Bonchev–Trinajstić information content (AvgIpc) is 2.84. The Morgan fingerprint density at radius 1 is 1.22 bits per heavy atom. The summed E-state index contributed by atoms with van der Waals surface area (Å²) in [5.74, 6) is 0.465. The smallest absolute Gasteiger partial charge is 0.193 e. The van der Waals surface area contributed by atoms with Gasteiger partial charge in [0.15, 0.2) is 5.82 Å². The summed E-state index contributed by atoms with van der Waals surface area (Å²) in [5, 5.41) is 20.9. The lowest BCUT2D eigenvalue weighted by atomic mass is 10.3. The van der Waals surface area contributed by atoms with Gasteiger partial charge in [-0.3, -0.25) is 0 Å². The summed E-state index contributed by atoms with van der Waals surface area (Å²) >= 11 is 5.79. The first-order valence-electron chi connectivity index (χ1n) is 5.08. The van der Waals surface area contributed by atoms with Gasteiger partial charge in [0, 0.05) is 11.1 Å². The first-order valence-corrected chi connectivity index (χ1v) is 5.46. The lowest BCUT2D eigenvalue weighted by Crippen LogP contribution is -1.98. The standard InChI is InChI=1S/C12H8ClN5/c13-10-5-7-11(8-6-10)18-16-12(15-17-18)4-2-1-3-9-14/h1-8H/b3-1+,4-2+. The predicted octanol–water partition coefficient (Wildman–Crippen LogP) is 2.41. The molecule has 0 bridgehead atoms. The first kappa shape index (κ1) is 12.0. The van der Waals surface area contributed by atoms with E-state index in [2.05, 4.69) is 15.4 Å². The van der Waals surface area contributed by atoms with Crippen LogP contribution in [0.2, 0.25) is 5.02 Å². The van der Waals surface area contributed by atoms with Gasteiger partial charge in [-0.05, 0) is 35.6 Å². The van der Waals surface area contributed by atoms with E-state index < -0.39 is 0 Å². The van der Waals surface area contributed by atoms with Crippen LogP contribution in [0.25, 0.3) is 11.8 Å². The van der Waals surface area contributed by atoms with E-state index in [-0.39, 0.29) is 0 Å². The molecular weight excluding hydrogens is 250 g/mol. The number of tetrazole rings is 1. The molecule has 0 radical (unpaired) electrons. The van der Waals surface area contributed by atoms with Crippen LogP contribution >= 0.6 is 11.6 Å². The zero-order chi connectivity index (χ0) is 12.8. The number of nitriles is 1. The van der Waals surface area contributed by atoms with Crippen LogP contribution in [0.5, 0.6) is 0 Å². The van der Waals surface area contributed by atoms with Gasteiger partial charge < -0.3 is 0 Å². The Morgan fingerprint density at radius 3 is 2.72 bits per heavy atom. The Bertz CT molecular complexity index is 619. The summed E-state index contributed by atoms with van der Waals surface area (Å²) in [5.41, 5.74) is 0.777. The SMILES string of the molecule is N#C/C=C/C=C/c1nnn(-c2ccc(Cl)cc2)n1. The molecule has 0 spiro atoms. The fraction of sp³-hybridized carbons (Fsp3) is 0. The highest BCUT2D eigenvalue weighted by atomic mass is 35.5. The monoisotopic (exact) mass is 257 g/mol. The van der Waals surface area contributed by atoms with E-state index in [1.165, 1.54) is 10.9 Å². The van der Waals surface area contributed by atoms with Crippen molar-refractivity contribution < 1.29 is 0 Å². The number of allylic oxidation sites excluding steroid dienone is 3. The second-order valence-electron chi connectivity index (χ2n) is 3.26. The van der Waals surface area contributed by atoms with Crippen LogP contribution in [0.15, 0.2) is 42.5 Å². The van der Waals surface area contributed by atoms with E-state index in [1.54, 1.807) is 42.5 Å². The molecule has 18 heavy (non-hydrogen) atoms. The van der Waals surface area contributed by atoms with Crippen LogP contribution in [-0.2, 0) is 0 Å². The minimum absolute atomic E-state index is 0.465. The minimum Gasteiger partial charge on any atom is -0.193 e. The second-order valence-corrected chi connectivity index (χ2v) is 3.70. The van der Waals surface area contributed by atoms with E-state index >= 15 is 0 Å². The molecule has 5 nitrogen and oxygen atoms in total. The molecule has 88 valence electrons. The summed E-state index contributed by atoms with van der Waals surface area (Å²) in [4.78, 5) is 1.41. The molecule has 0 saturated heterocycles. The highest BCUT2D eigenvalue weighted by Crippen LogP contribution is 2.11. The molecule has 2 rings (SSSR count). The largest absolute Gasteiger partial charge is 0.198 e. The van der Waals surface area contributed by atoms with Crippen molar-refractivity contribution in [3.05, 3.63) is 53.3 Å². The molecule has 6 heteroatoms. The molecule has 0 unspecified atom stereocenters. The molecule has 2 aromatic rings. The average molecular weight is 258 g/mol. The van der Waals surface area contributed by atoms with Crippen LogP contribution in [0.4, 0.5) is 0 Å². The van der Waals surface area contributed by atoms with Gasteiger partial charge in [-0.1, -0.05) is 23.8 Å². The van der Waals surface area contributed by atoms with Crippen LogP contribution in [-0.4, -0.2) is 20.2 Å². The molecule has 0 N–H and O–H groups in total. The molecule has 0 aliphatic rings. The van der Waals surface area contributed by atoms with Gasteiger partial charge >= 0.3 is 0 Å². The van der Waals surface area contributed by atoms with Gasteiger partial charge in [0.05, 0.1) is 11.8 Å². The van der Waals surface area contributed by atoms with Gasteiger partial charge in [-0.2, -0.15) is 5.26 Å². The number of benzene rings is 1. The first-order chi connectivity index (χ1) is 8.79. The number of halogens is 1. The third-order valence-corrected chi connectivity index (χ3v) is 2.27. The number of hydrogen-bond acceptors (Lipinski definition) is 4. The van der Waals surface area contributed by atoms with Crippen LogP contribution < -0.4 is 0 Å². The Kier molecular flexibility index (Phi) is 3.84. The predicted molar refractivity (Wildman–Crippen MR) is 68.0 cm³/mol. The summed E-state index contributed by atoms with van der Waals surface area (Å²) < 4.78 is 0. The number of hydrogen-bond donors (Lipinski definition) is 0. The Morgan fingerprint density at radius 2 is 2.00 bits per heavy atom. The number of rotatable bonds is 3. The van der Waals surface area contributed by atoms with Crippen molar-refractivity contribution in [1.29, 1.82) is 5.26 Å². The molecule has 0 saturated carbocycles. The molecule has 1 heterocycles. The van der Waals surface area contributed by atoms with Crippen molar-refractivity contribution >= 4 is 17.7 Å². The summed E-state index contributed by atoms with van der Waals surface area (Å²) in [6.45, 7) is 0. The molecule has 0 fully saturated rings. The molecule has 0 aliphatic heterocycles. The van der Waals surface area contributed by atoms with E-state index in [0.717, 1.165) is 5.69 Å². The fourth-order valence-corrected chi connectivity index (χ4v) is 1.34. The number of aromatic nitrogens is 4. The van der Waals surface area contributed by atoms with Crippen LogP contribution in [0, 0.1) is 11.3 Å². The maximum atomic E-state index is 8.31. The quantitative estimate of drug-likeness (QED) is 0.625. The Hall–Kier alpha value is -2.45. The van der Waals surface area contributed by atoms with Gasteiger partial charge in [0.2, 0.25) is 0 Å². The lowest BCUT2D eigenvalue weighted by molar-refractivity contribution is 0.719. The van der Waals surface area contributed by atoms with Crippen molar-refractivity contribution in [1.82, 2.24) is 20.2 Å². The highest BCUT2D eigenvalue weighted by Gasteiger charge is 2.01. The molecule has 0 atom stereocenters. The molecule has 1 aromatic heterocycles. The van der Waals surface area contributed by atoms with Gasteiger partial charge in [0.25, 0.3) is 0 Å². The van der Waals surface area contributed by atoms with E-state index in [9.17, 15) is 0 Å². The normalized spacial score (nSPS) is 11.1. The highest BCUT2D eigenvalue weighted by molar-refractivity contribution is 6.30. The Labute approximate surface area is 109 Å². The maximum absolute atomic E-state index is 8.31. The lowest BCUT2D eigenvalue weighted by Gasteiger charge is -1.96. The number of nitrogens with zero attached hydrogens (tertiary/aromatic N) is 5. The summed E-state index contributed by atoms with van der Waals surface area (Å²) in [6.07, 6.45) is 6.29. The molecule has 0 aliphatic carbocycles. The van der Waals surface area contributed by atoms with Gasteiger partial charge in [0.1, 0.15) is 0 Å². The third kappa shape index (κ3) is 3.03. The van der Waals surface area contributed by atoms with Crippen molar-refractivity contribution in [2.45, 2.75) is 0 Å². The zero-order valence-electron chi connectivity index (χ0n) is 9.23. The summed E-state index contributed by atoms with van der Waals surface area (Å²) in [6, 6.07) is 8.99. The molecular formula is C12H8ClN5. The van der Waals surface area contributed by atoms with Gasteiger partial charge in [-0.25, -0.2) is 0 Å². The van der Waals surface area contributed by atoms with Crippen molar-refractivity contribution in [3.63, 3.8) is 0 Å². The Balaban J connectivity index is 2.16. The van der Waals surface area contributed by atoms with Crippen LogP contribution in [0.1, 0.15) is 5.82 Å². The van der Waals surface area contributed by atoms with Crippen molar-refractivity contribution in [2.75, 3.05) is 0 Å². The fourth-order valence-electron chi connectivity index (χ4n) is 1.22. The van der Waals surface area contributed by atoms with E-state index in [1.807, 2.05) is 6.07 Å². The molecule has 1 aromatic carbocycles. The molecule has 0 amide bonds. The summed E-state index contributed by atoms with van der Waals surface area (Å²) in [7, 11) is 0. The van der Waals surface area contributed by atoms with Crippen molar-refractivity contribution in [3.8, 4) is 11.8 Å². The van der Waals surface area contributed by atoms with Gasteiger partial charge in [-0.15, -0.1) is 15.0 Å². The second kappa shape index (κ2) is 5.75. The zero-order valence-corrected chi connectivity index (χ0v) is 9.99. The minimum atomic E-state index is 0.465. The van der Waals surface area contributed by atoms with Crippen LogP contribution in [0.3, 0.4) is 0 Å².